The van der Waals surface area contributed by atoms with E-state index in [2.05, 4.69) is 12.2 Å². The van der Waals surface area contributed by atoms with Crippen LogP contribution in [0.5, 0.6) is 11.5 Å². The third kappa shape index (κ3) is 4.11. The molecule has 0 aromatic heterocycles. The molecule has 32 heavy (non-hydrogen) atoms. The molecular formula is C24H32N4O4. The minimum atomic E-state index is -0.507. The van der Waals surface area contributed by atoms with E-state index in [9.17, 15) is 9.59 Å². The van der Waals surface area contributed by atoms with Crippen LogP contribution in [0.15, 0.2) is 35.5 Å². The monoisotopic (exact) mass is 440 g/mol. The van der Waals surface area contributed by atoms with Gasteiger partial charge in [-0.25, -0.2) is 5.01 Å². The topological polar surface area (TPSA) is 97.5 Å². The molecule has 1 aromatic carbocycles. The number of hydrogen-bond donors (Lipinski definition) is 1. The average molecular weight is 441 g/mol. The Labute approximate surface area is 189 Å². The molecule has 1 aromatic rings. The van der Waals surface area contributed by atoms with Gasteiger partial charge in [0.1, 0.15) is 0 Å². The fraction of sp³-hybridized carbons (Fsp3) is 0.542. The van der Waals surface area contributed by atoms with Gasteiger partial charge < -0.3 is 20.1 Å². The highest BCUT2D eigenvalue weighted by Crippen LogP contribution is 2.38. The van der Waals surface area contributed by atoms with Crippen LogP contribution in [0.2, 0.25) is 0 Å². The van der Waals surface area contributed by atoms with Crippen molar-refractivity contribution < 1.29 is 19.1 Å². The maximum atomic E-state index is 13.4. The summed E-state index contributed by atoms with van der Waals surface area (Å²) in [6, 6.07) is 5.26. The lowest BCUT2D eigenvalue weighted by Gasteiger charge is -2.42. The van der Waals surface area contributed by atoms with Gasteiger partial charge >= 0.3 is 0 Å². The third-order valence-electron chi connectivity index (χ3n) is 6.73. The van der Waals surface area contributed by atoms with Crippen LogP contribution >= 0.6 is 0 Å². The van der Waals surface area contributed by atoms with Gasteiger partial charge in [-0.05, 0) is 50.8 Å². The molecule has 1 fully saturated rings. The van der Waals surface area contributed by atoms with Gasteiger partial charge in [0.25, 0.3) is 0 Å². The number of amides is 2. The van der Waals surface area contributed by atoms with Crippen LogP contribution in [-0.2, 0) is 9.59 Å². The molecule has 172 valence electrons. The number of carbonyl (C=O) groups excluding carboxylic acids is 2. The molecule has 2 aliphatic heterocycles. The Bertz CT molecular complexity index is 934. The van der Waals surface area contributed by atoms with Crippen LogP contribution in [0, 0.1) is 11.8 Å². The Kier molecular flexibility index (Phi) is 6.50. The van der Waals surface area contributed by atoms with Crippen LogP contribution in [0.3, 0.4) is 0 Å². The summed E-state index contributed by atoms with van der Waals surface area (Å²) < 4.78 is 10.9. The zero-order chi connectivity index (χ0) is 22.8. The number of methoxy groups -OCH3 is 2. The van der Waals surface area contributed by atoms with Crippen LogP contribution in [0.25, 0.3) is 0 Å². The standard InChI is InChI=1S/C24H32N4O4/c1-15(25)23(29)27-12-10-17(11-13-27)28-24(30)19-7-5-4-6-18(19)22(26-28)16-8-9-20(31-2)21(14-16)32-3/h4-5,8-9,14-15,17-19H,6-7,10-13,25H2,1-3H3/t15-,18-,19+/m0/s1. The summed E-state index contributed by atoms with van der Waals surface area (Å²) in [6.45, 7) is 2.88. The van der Waals surface area contributed by atoms with Gasteiger partial charge in [0.2, 0.25) is 11.8 Å². The highest BCUT2D eigenvalue weighted by Gasteiger charge is 2.43. The van der Waals surface area contributed by atoms with E-state index in [-0.39, 0.29) is 29.7 Å². The minimum Gasteiger partial charge on any atom is -0.493 e. The van der Waals surface area contributed by atoms with Crippen molar-refractivity contribution in [3.05, 3.63) is 35.9 Å². The van der Waals surface area contributed by atoms with E-state index in [1.807, 2.05) is 18.2 Å². The highest BCUT2D eigenvalue weighted by molar-refractivity contribution is 6.07. The molecular weight excluding hydrogens is 408 g/mol. The summed E-state index contributed by atoms with van der Waals surface area (Å²) in [5.41, 5.74) is 7.61. The Morgan fingerprint density at radius 1 is 1.09 bits per heavy atom. The summed E-state index contributed by atoms with van der Waals surface area (Å²) in [5, 5.41) is 6.61. The maximum absolute atomic E-state index is 13.4. The number of rotatable bonds is 5. The smallest absolute Gasteiger partial charge is 0.247 e. The van der Waals surface area contributed by atoms with E-state index in [1.165, 1.54) is 0 Å². The number of fused-ring (bicyclic) bond motifs is 1. The van der Waals surface area contributed by atoms with E-state index in [0.29, 0.717) is 43.9 Å². The lowest BCUT2D eigenvalue weighted by atomic mass is 9.76. The Balaban J connectivity index is 1.63. The molecule has 4 rings (SSSR count). The predicted octanol–water partition coefficient (Wildman–Crippen LogP) is 2.17. The average Bonchev–Trinajstić information content (AvgIpc) is 2.83. The van der Waals surface area contributed by atoms with Crippen molar-refractivity contribution >= 4 is 17.5 Å². The van der Waals surface area contributed by atoms with E-state index in [0.717, 1.165) is 17.7 Å². The van der Waals surface area contributed by atoms with Crippen molar-refractivity contribution in [1.29, 1.82) is 0 Å². The number of piperidine rings is 1. The van der Waals surface area contributed by atoms with Gasteiger partial charge in [0, 0.05) is 24.6 Å². The van der Waals surface area contributed by atoms with Gasteiger partial charge in [0.05, 0.1) is 37.9 Å². The fourth-order valence-electron chi connectivity index (χ4n) is 4.95. The molecule has 0 bridgehead atoms. The van der Waals surface area contributed by atoms with Crippen LogP contribution in [0.4, 0.5) is 0 Å². The Morgan fingerprint density at radius 2 is 1.75 bits per heavy atom. The van der Waals surface area contributed by atoms with Gasteiger partial charge in [-0.15, -0.1) is 0 Å². The number of nitrogens with two attached hydrogens (primary N) is 1. The first-order valence-corrected chi connectivity index (χ1v) is 11.3. The van der Waals surface area contributed by atoms with E-state index >= 15 is 0 Å². The molecule has 3 atom stereocenters. The zero-order valence-electron chi connectivity index (χ0n) is 19.0. The van der Waals surface area contributed by atoms with Crippen molar-refractivity contribution in [2.75, 3.05) is 27.3 Å². The first kappa shape index (κ1) is 22.3. The molecule has 8 heteroatoms. The number of ether oxygens (including phenoxy) is 2. The summed E-state index contributed by atoms with van der Waals surface area (Å²) in [6.07, 6.45) is 7.13. The summed E-state index contributed by atoms with van der Waals surface area (Å²) in [5.74, 6) is 1.26. The number of benzene rings is 1. The van der Waals surface area contributed by atoms with Crippen LogP contribution < -0.4 is 15.2 Å². The van der Waals surface area contributed by atoms with E-state index in [1.54, 1.807) is 31.1 Å². The van der Waals surface area contributed by atoms with Crippen LogP contribution in [0.1, 0.15) is 38.2 Å². The zero-order valence-corrected chi connectivity index (χ0v) is 19.0. The number of hydrazone groups is 1. The van der Waals surface area contributed by atoms with E-state index < -0.39 is 6.04 Å². The van der Waals surface area contributed by atoms with Crippen LogP contribution in [-0.4, -0.2) is 66.8 Å². The SMILES string of the molecule is COc1ccc(C2=NN(C3CCN(C(=O)[C@H](C)N)CC3)C(=O)[C@@H]3CC=CC[C@H]23)cc1OC. The number of hydrogen-bond acceptors (Lipinski definition) is 6. The number of likely N-dealkylation sites (tertiary alicyclic amines) is 1. The number of allylic oxidation sites excluding steroid dienone is 2. The molecule has 2 N–H and O–H groups in total. The number of nitrogens with zero attached hydrogens (tertiary/aromatic N) is 3. The van der Waals surface area contributed by atoms with E-state index in [4.69, 9.17) is 20.3 Å². The molecule has 1 saturated heterocycles. The summed E-state index contributed by atoms with van der Waals surface area (Å²) in [7, 11) is 3.23. The normalized spacial score (nSPS) is 24.6. The second kappa shape index (κ2) is 9.32. The van der Waals surface area contributed by atoms with Gasteiger partial charge in [-0.2, -0.15) is 5.10 Å². The maximum Gasteiger partial charge on any atom is 0.247 e. The molecule has 0 saturated carbocycles. The Morgan fingerprint density at radius 3 is 2.38 bits per heavy atom. The van der Waals surface area contributed by atoms with Gasteiger partial charge in [-0.3, -0.25) is 9.59 Å². The second-order valence-corrected chi connectivity index (χ2v) is 8.74. The molecule has 0 spiro atoms. The first-order valence-electron chi connectivity index (χ1n) is 11.3. The molecule has 2 amide bonds. The molecule has 0 radical (unpaired) electrons. The van der Waals surface area contributed by atoms with Crippen molar-refractivity contribution in [2.45, 2.75) is 44.7 Å². The second-order valence-electron chi connectivity index (χ2n) is 8.74. The third-order valence-corrected chi connectivity index (χ3v) is 6.73. The summed E-state index contributed by atoms with van der Waals surface area (Å²) in [4.78, 5) is 27.5. The predicted molar refractivity (Wildman–Crippen MR) is 122 cm³/mol. The largest absolute Gasteiger partial charge is 0.493 e. The lowest BCUT2D eigenvalue weighted by Crippen LogP contribution is -2.54. The van der Waals surface area contributed by atoms with Gasteiger partial charge in [0.15, 0.2) is 11.5 Å². The molecule has 2 heterocycles. The van der Waals surface area contributed by atoms with Crippen molar-refractivity contribution in [3.63, 3.8) is 0 Å². The molecule has 3 aliphatic rings. The Hall–Kier alpha value is -2.87. The molecule has 1 aliphatic carbocycles. The lowest BCUT2D eigenvalue weighted by molar-refractivity contribution is -0.142. The highest BCUT2D eigenvalue weighted by atomic mass is 16.5. The summed E-state index contributed by atoms with van der Waals surface area (Å²) >= 11 is 0. The van der Waals surface area contributed by atoms with Gasteiger partial charge in [-0.1, -0.05) is 12.2 Å². The van der Waals surface area contributed by atoms with Crippen molar-refractivity contribution in [3.8, 4) is 11.5 Å². The quantitative estimate of drug-likeness (QED) is 0.708. The molecule has 8 nitrogen and oxygen atoms in total. The fourth-order valence-corrected chi connectivity index (χ4v) is 4.95. The minimum absolute atomic E-state index is 0.0263. The van der Waals surface area contributed by atoms with Crippen molar-refractivity contribution in [2.24, 2.45) is 22.7 Å². The number of carbonyl (C=O) groups is 2. The first-order chi connectivity index (χ1) is 15.4. The van der Waals surface area contributed by atoms with Crippen molar-refractivity contribution in [1.82, 2.24) is 9.91 Å². The molecule has 0 unspecified atom stereocenters.